The highest BCUT2D eigenvalue weighted by Crippen LogP contribution is 2.43. The predicted octanol–water partition coefficient (Wildman–Crippen LogP) is 16.3. The summed E-state index contributed by atoms with van der Waals surface area (Å²) >= 11 is 0. The van der Waals surface area contributed by atoms with Crippen LogP contribution in [0, 0.1) is 0 Å². The number of phosphoric ester groups is 1. The molecule has 0 rings (SSSR count). The normalized spacial score (nSPS) is 14.6. The molecule has 0 aliphatic rings. The van der Waals surface area contributed by atoms with Gasteiger partial charge in [-0.3, -0.25) is 13.8 Å². The Kier molecular flexibility index (Phi) is 46.5. The lowest BCUT2D eigenvalue weighted by Crippen LogP contribution is -2.45. The molecule has 0 radical (unpaired) electrons. The van der Waals surface area contributed by atoms with Gasteiger partial charge in [0.25, 0.3) is 0 Å². The maximum Gasteiger partial charge on any atom is 0.472 e. The molecule has 9 heteroatoms. The van der Waals surface area contributed by atoms with Crippen LogP contribution in [0.2, 0.25) is 0 Å². The summed E-state index contributed by atoms with van der Waals surface area (Å²) in [6, 6.07) is -0.868. The van der Waals surface area contributed by atoms with Crippen molar-refractivity contribution in [2.24, 2.45) is 0 Å². The van der Waals surface area contributed by atoms with Gasteiger partial charge in [-0.15, -0.1) is 0 Å². The molecule has 8 nitrogen and oxygen atoms in total. The molecule has 0 fully saturated rings. The first-order valence-corrected chi connectivity index (χ1v) is 28.8. The number of nitrogens with zero attached hydrogens (tertiary/aromatic N) is 1. The van der Waals surface area contributed by atoms with E-state index in [1.165, 1.54) is 148 Å². The van der Waals surface area contributed by atoms with Crippen molar-refractivity contribution in [3.05, 3.63) is 72.9 Å². The SMILES string of the molecule is CC/C=C\C/C=C\C/C=C\C/C=C\CCCCCCCCCCCCCCC(=O)NC(COP(=O)(O)OCC[N+](C)(C)C)C(O)/C=C/CC/C=C/CCCCCCCCCCCCCCC. The second kappa shape index (κ2) is 48.0. The van der Waals surface area contributed by atoms with Crippen LogP contribution >= 0.6 is 7.82 Å². The van der Waals surface area contributed by atoms with Crippen molar-refractivity contribution in [2.75, 3.05) is 40.9 Å². The molecule has 0 aromatic carbocycles. The van der Waals surface area contributed by atoms with Crippen LogP contribution in [-0.4, -0.2) is 73.4 Å². The third-order valence-corrected chi connectivity index (χ3v) is 12.9. The second-order valence-corrected chi connectivity index (χ2v) is 21.0. The minimum atomic E-state index is -4.36. The number of phosphoric acid groups is 1. The highest BCUT2D eigenvalue weighted by atomic mass is 31.2. The third kappa shape index (κ3) is 49.8. The number of unbranched alkanes of at least 4 members (excludes halogenated alkanes) is 26. The van der Waals surface area contributed by atoms with E-state index < -0.39 is 20.0 Å². The lowest BCUT2D eigenvalue weighted by Gasteiger charge is -2.25. The third-order valence-electron chi connectivity index (χ3n) is 11.9. The largest absolute Gasteiger partial charge is 0.472 e. The van der Waals surface area contributed by atoms with E-state index in [2.05, 4.69) is 79.9 Å². The number of rotatable bonds is 49. The molecule has 3 N–H and O–H groups in total. The maximum absolute atomic E-state index is 13.0. The topological polar surface area (TPSA) is 105 Å². The van der Waals surface area contributed by atoms with E-state index in [0.717, 1.165) is 64.2 Å². The van der Waals surface area contributed by atoms with Crippen molar-refractivity contribution in [2.45, 2.75) is 244 Å². The zero-order valence-corrected chi connectivity index (χ0v) is 44.6. The number of carbonyl (C=O) groups excluding carboxylic acids is 1. The Morgan fingerprint density at radius 3 is 1.39 bits per heavy atom. The van der Waals surface area contributed by atoms with Gasteiger partial charge in [-0.1, -0.05) is 228 Å². The van der Waals surface area contributed by atoms with Gasteiger partial charge in [0.1, 0.15) is 13.2 Å². The summed E-state index contributed by atoms with van der Waals surface area (Å²) in [5, 5.41) is 13.9. The van der Waals surface area contributed by atoms with Gasteiger partial charge < -0.3 is 19.8 Å². The minimum Gasteiger partial charge on any atom is -0.387 e. The Morgan fingerprint density at radius 1 is 0.530 bits per heavy atom. The van der Waals surface area contributed by atoms with Crippen molar-refractivity contribution in [3.8, 4) is 0 Å². The fraction of sp³-hybridized carbons (Fsp3) is 0.772. The quantitative estimate of drug-likeness (QED) is 0.0243. The molecule has 0 heterocycles. The summed E-state index contributed by atoms with van der Waals surface area (Å²) < 4.78 is 23.7. The smallest absolute Gasteiger partial charge is 0.387 e. The molecule has 3 atom stereocenters. The summed E-state index contributed by atoms with van der Waals surface area (Å²) in [7, 11) is 1.55. The Bertz CT molecular complexity index is 1300. The Balaban J connectivity index is 4.29. The molecule has 384 valence electrons. The van der Waals surface area contributed by atoms with E-state index in [1.807, 2.05) is 27.2 Å². The number of aliphatic hydroxyl groups is 1. The number of allylic oxidation sites excluding steroid dienone is 11. The number of quaternary nitrogens is 1. The van der Waals surface area contributed by atoms with Gasteiger partial charge in [-0.05, 0) is 70.6 Å². The monoisotopic (exact) mass is 946 g/mol. The molecule has 0 aromatic heterocycles. The van der Waals surface area contributed by atoms with E-state index in [-0.39, 0.29) is 19.1 Å². The molecule has 0 saturated heterocycles. The fourth-order valence-corrected chi connectivity index (χ4v) is 8.37. The number of aliphatic hydroxyl groups excluding tert-OH is 1. The number of amides is 1. The number of carbonyl (C=O) groups is 1. The Labute approximate surface area is 408 Å². The number of likely N-dealkylation sites (N-methyl/N-ethyl adjacent to an activating group) is 1. The standard InChI is InChI=1S/C57H105N2O6P/c1-6-8-10-12-14-16-18-20-22-24-26-27-28-29-30-31-33-35-37-39-41-43-45-47-49-51-57(61)58-55(54-65-66(62,63)64-53-52-59(3,4)5)56(60)50-48-46-44-42-40-38-36-34-32-25-23-21-19-17-15-13-11-9-7-2/h8,10,14,16,20,22,26-27,40,42,48,50,55-56,60H,6-7,9,11-13,15,17-19,21,23-25,28-39,41,43-47,49,51-54H2,1-5H3,(H-,58,61,62,63)/p+1/b10-8-,16-14-,22-20-,27-26-,42-40+,50-48+. The molecule has 0 aromatic rings. The lowest BCUT2D eigenvalue weighted by molar-refractivity contribution is -0.870. The summed E-state index contributed by atoms with van der Waals surface area (Å²) in [5.41, 5.74) is 0. The van der Waals surface area contributed by atoms with Crippen molar-refractivity contribution in [1.29, 1.82) is 0 Å². The Morgan fingerprint density at radius 2 is 0.924 bits per heavy atom. The fourth-order valence-electron chi connectivity index (χ4n) is 7.64. The first kappa shape index (κ1) is 63.9. The predicted molar refractivity (Wildman–Crippen MR) is 286 cm³/mol. The summed E-state index contributed by atoms with van der Waals surface area (Å²) in [6.45, 7) is 4.69. The molecule has 0 spiro atoms. The van der Waals surface area contributed by atoms with Crippen molar-refractivity contribution in [3.63, 3.8) is 0 Å². The Hall–Kier alpha value is -2.06. The van der Waals surface area contributed by atoms with E-state index in [4.69, 9.17) is 9.05 Å². The van der Waals surface area contributed by atoms with Gasteiger partial charge in [0.05, 0.1) is 39.9 Å². The lowest BCUT2D eigenvalue weighted by atomic mass is 10.0. The van der Waals surface area contributed by atoms with Gasteiger partial charge in [0, 0.05) is 6.42 Å². The molecule has 66 heavy (non-hydrogen) atoms. The van der Waals surface area contributed by atoms with Gasteiger partial charge in [-0.2, -0.15) is 0 Å². The van der Waals surface area contributed by atoms with Crippen molar-refractivity contribution >= 4 is 13.7 Å². The molecular weight excluding hydrogens is 840 g/mol. The van der Waals surface area contributed by atoms with Crippen LogP contribution in [0.1, 0.15) is 232 Å². The van der Waals surface area contributed by atoms with Crippen molar-refractivity contribution < 1.29 is 32.9 Å². The zero-order valence-electron chi connectivity index (χ0n) is 43.7. The first-order valence-electron chi connectivity index (χ1n) is 27.3. The zero-order chi connectivity index (χ0) is 48.5. The van der Waals surface area contributed by atoms with Gasteiger partial charge in [0.15, 0.2) is 0 Å². The number of hydrogen-bond donors (Lipinski definition) is 3. The maximum atomic E-state index is 13.0. The highest BCUT2D eigenvalue weighted by molar-refractivity contribution is 7.47. The van der Waals surface area contributed by atoms with Gasteiger partial charge >= 0.3 is 7.82 Å². The van der Waals surface area contributed by atoms with Crippen LogP contribution in [0.3, 0.4) is 0 Å². The van der Waals surface area contributed by atoms with E-state index >= 15 is 0 Å². The van der Waals surface area contributed by atoms with Crippen LogP contribution in [-0.2, 0) is 18.4 Å². The van der Waals surface area contributed by atoms with Crippen LogP contribution in [0.5, 0.6) is 0 Å². The number of hydrogen-bond acceptors (Lipinski definition) is 5. The second-order valence-electron chi connectivity index (χ2n) is 19.6. The molecule has 0 saturated carbocycles. The number of nitrogens with one attached hydrogen (secondary N) is 1. The van der Waals surface area contributed by atoms with Crippen LogP contribution in [0.25, 0.3) is 0 Å². The minimum absolute atomic E-state index is 0.0534. The average molecular weight is 946 g/mol. The van der Waals surface area contributed by atoms with Crippen molar-refractivity contribution in [1.82, 2.24) is 5.32 Å². The summed E-state index contributed by atoms with van der Waals surface area (Å²) in [4.78, 5) is 23.3. The van der Waals surface area contributed by atoms with Crippen LogP contribution in [0.15, 0.2) is 72.9 Å². The van der Waals surface area contributed by atoms with E-state index in [1.54, 1.807) is 6.08 Å². The molecule has 0 aliphatic heterocycles. The highest BCUT2D eigenvalue weighted by Gasteiger charge is 2.27. The van der Waals surface area contributed by atoms with E-state index in [0.29, 0.717) is 17.4 Å². The molecule has 0 aliphatic carbocycles. The summed E-state index contributed by atoms with van der Waals surface area (Å²) in [5.74, 6) is -0.190. The first-order chi connectivity index (χ1) is 32.0. The van der Waals surface area contributed by atoms with Crippen LogP contribution in [0.4, 0.5) is 0 Å². The van der Waals surface area contributed by atoms with Gasteiger partial charge in [-0.25, -0.2) is 4.57 Å². The molecule has 1 amide bonds. The molecule has 0 bridgehead atoms. The molecule has 3 unspecified atom stereocenters. The van der Waals surface area contributed by atoms with Gasteiger partial charge in [0.2, 0.25) is 5.91 Å². The van der Waals surface area contributed by atoms with E-state index in [9.17, 15) is 19.4 Å². The van der Waals surface area contributed by atoms with Crippen LogP contribution < -0.4 is 5.32 Å². The summed E-state index contributed by atoms with van der Waals surface area (Å²) in [6.07, 6.45) is 65.6. The molecular formula is C57H106N2O6P+. The average Bonchev–Trinajstić information content (AvgIpc) is 3.28.